The molecule has 1 aromatic carbocycles. The monoisotopic (exact) mass is 266 g/mol. The lowest BCUT2D eigenvalue weighted by Crippen LogP contribution is -2.14. The van der Waals surface area contributed by atoms with Crippen LogP contribution in [0.3, 0.4) is 0 Å². The fourth-order valence-electron chi connectivity index (χ4n) is 1.36. The first kappa shape index (κ1) is 12.3. The zero-order valence-electron chi connectivity index (χ0n) is 9.02. The van der Waals surface area contributed by atoms with Crippen LogP contribution in [-0.4, -0.2) is 15.2 Å². The summed E-state index contributed by atoms with van der Waals surface area (Å²) in [6.07, 6.45) is 1.39. The van der Waals surface area contributed by atoms with Gasteiger partial charge in [0.1, 0.15) is 22.3 Å². The molecule has 18 heavy (non-hydrogen) atoms. The lowest BCUT2D eigenvalue weighted by atomic mass is 10.2. The van der Waals surface area contributed by atoms with Crippen molar-refractivity contribution < 1.29 is 8.78 Å². The highest BCUT2D eigenvalue weighted by molar-refractivity contribution is 7.80. The summed E-state index contributed by atoms with van der Waals surface area (Å²) in [6, 6.07) is 5.03. The highest BCUT2D eigenvalue weighted by Gasteiger charge is 2.12. The normalized spacial score (nSPS) is 10.1. The topological polar surface area (TPSA) is 63.8 Å². The molecular formula is C11H8F2N4S. The van der Waals surface area contributed by atoms with Crippen LogP contribution in [0.4, 0.5) is 20.3 Å². The maximum atomic E-state index is 13.5. The highest BCUT2D eigenvalue weighted by atomic mass is 32.1. The van der Waals surface area contributed by atoms with Crippen molar-refractivity contribution in [3.63, 3.8) is 0 Å². The second kappa shape index (κ2) is 5.01. The lowest BCUT2D eigenvalue weighted by molar-refractivity contribution is 0.590. The van der Waals surface area contributed by atoms with E-state index in [0.29, 0.717) is 5.56 Å². The van der Waals surface area contributed by atoms with Crippen LogP contribution < -0.4 is 11.1 Å². The summed E-state index contributed by atoms with van der Waals surface area (Å²) in [5, 5.41) is 9.83. The zero-order chi connectivity index (χ0) is 13.1. The molecule has 0 atom stereocenters. The van der Waals surface area contributed by atoms with E-state index in [9.17, 15) is 8.78 Å². The molecule has 2 rings (SSSR count). The summed E-state index contributed by atoms with van der Waals surface area (Å²) < 4.78 is 26.9. The number of aromatic nitrogens is 2. The quantitative estimate of drug-likeness (QED) is 0.833. The second-order valence-electron chi connectivity index (χ2n) is 3.38. The molecule has 92 valence electrons. The standard InChI is InChI=1S/C11H8F2N4S/c12-7-2-1-3-8(13)9(7)16-11-6(10(14)18)4-5-15-17-11/h1-5H,(H2,14,18)(H,16,17). The molecule has 7 heteroatoms. The van der Waals surface area contributed by atoms with Crippen LogP contribution in [0.2, 0.25) is 0 Å². The first-order chi connectivity index (χ1) is 8.59. The van der Waals surface area contributed by atoms with Gasteiger partial charge < -0.3 is 11.1 Å². The maximum Gasteiger partial charge on any atom is 0.163 e. The number of hydrogen-bond donors (Lipinski definition) is 2. The van der Waals surface area contributed by atoms with Gasteiger partial charge in [-0.2, -0.15) is 5.10 Å². The molecule has 0 saturated carbocycles. The van der Waals surface area contributed by atoms with E-state index in [2.05, 4.69) is 15.5 Å². The first-order valence-corrected chi connectivity index (χ1v) is 5.33. The van der Waals surface area contributed by atoms with Gasteiger partial charge in [-0.05, 0) is 18.2 Å². The third-order valence-corrected chi connectivity index (χ3v) is 2.41. The molecule has 0 bridgehead atoms. The van der Waals surface area contributed by atoms with Crippen LogP contribution in [0, 0.1) is 11.6 Å². The number of nitrogens with one attached hydrogen (secondary N) is 1. The van der Waals surface area contributed by atoms with Crippen LogP contribution >= 0.6 is 12.2 Å². The minimum atomic E-state index is -0.741. The predicted molar refractivity (Wildman–Crippen MR) is 67.6 cm³/mol. The zero-order valence-corrected chi connectivity index (χ0v) is 9.84. The third kappa shape index (κ3) is 2.40. The van der Waals surface area contributed by atoms with Gasteiger partial charge in [0.25, 0.3) is 0 Å². The summed E-state index contributed by atoms with van der Waals surface area (Å²) in [6.45, 7) is 0. The molecule has 1 heterocycles. The number of rotatable bonds is 3. The number of nitrogens with two attached hydrogens (primary N) is 1. The number of benzene rings is 1. The van der Waals surface area contributed by atoms with Gasteiger partial charge in [-0.15, -0.1) is 5.10 Å². The number of nitrogens with zero attached hydrogens (tertiary/aromatic N) is 2. The van der Waals surface area contributed by atoms with Crippen LogP contribution in [0.15, 0.2) is 30.5 Å². The number of anilines is 2. The molecule has 2 aromatic rings. The Bertz CT molecular complexity index is 583. The van der Waals surface area contributed by atoms with Gasteiger partial charge in [0, 0.05) is 0 Å². The van der Waals surface area contributed by atoms with E-state index < -0.39 is 11.6 Å². The molecule has 3 N–H and O–H groups in total. The summed E-state index contributed by atoms with van der Waals surface area (Å²) in [7, 11) is 0. The molecule has 0 spiro atoms. The third-order valence-electron chi connectivity index (χ3n) is 2.19. The molecule has 1 aromatic heterocycles. The van der Waals surface area contributed by atoms with E-state index in [-0.39, 0.29) is 16.5 Å². The van der Waals surface area contributed by atoms with Crippen molar-refractivity contribution in [3.8, 4) is 0 Å². The second-order valence-corrected chi connectivity index (χ2v) is 3.82. The summed E-state index contributed by atoms with van der Waals surface area (Å²) in [5.74, 6) is -1.38. The van der Waals surface area contributed by atoms with Crippen LogP contribution in [-0.2, 0) is 0 Å². The smallest absolute Gasteiger partial charge is 0.163 e. The molecule has 0 aliphatic rings. The van der Waals surface area contributed by atoms with Gasteiger partial charge in [-0.1, -0.05) is 18.3 Å². The van der Waals surface area contributed by atoms with Crippen LogP contribution in [0.1, 0.15) is 5.56 Å². The molecular weight excluding hydrogens is 258 g/mol. The van der Waals surface area contributed by atoms with Crippen molar-refractivity contribution in [3.05, 3.63) is 47.7 Å². The Balaban J connectivity index is 2.43. The fraction of sp³-hybridized carbons (Fsp3) is 0. The average molecular weight is 266 g/mol. The van der Waals surface area contributed by atoms with Crippen molar-refractivity contribution in [2.24, 2.45) is 5.73 Å². The van der Waals surface area contributed by atoms with Gasteiger partial charge in [0.2, 0.25) is 0 Å². The Morgan fingerprint density at radius 3 is 2.50 bits per heavy atom. The Hall–Kier alpha value is -2.15. The molecule has 0 unspecified atom stereocenters. The molecule has 0 saturated heterocycles. The SMILES string of the molecule is NC(=S)c1ccnnc1Nc1c(F)cccc1F. The molecule has 0 radical (unpaired) electrons. The summed E-state index contributed by atoms with van der Waals surface area (Å²) in [5.41, 5.74) is 5.52. The van der Waals surface area contributed by atoms with Crippen molar-refractivity contribution in [1.29, 1.82) is 0 Å². The predicted octanol–water partition coefficient (Wildman–Crippen LogP) is 2.13. The first-order valence-electron chi connectivity index (χ1n) is 4.92. The molecule has 0 fully saturated rings. The average Bonchev–Trinajstić information content (AvgIpc) is 2.34. The van der Waals surface area contributed by atoms with Gasteiger partial charge in [-0.3, -0.25) is 0 Å². The van der Waals surface area contributed by atoms with E-state index in [1.807, 2.05) is 0 Å². The Kier molecular flexibility index (Phi) is 3.42. The molecule has 0 aliphatic heterocycles. The van der Waals surface area contributed by atoms with Crippen LogP contribution in [0.5, 0.6) is 0 Å². The van der Waals surface area contributed by atoms with Gasteiger partial charge in [0.15, 0.2) is 5.82 Å². The molecule has 0 aliphatic carbocycles. The van der Waals surface area contributed by atoms with E-state index in [0.717, 1.165) is 12.1 Å². The molecule has 4 nitrogen and oxygen atoms in total. The van der Waals surface area contributed by atoms with Gasteiger partial charge in [0.05, 0.1) is 11.8 Å². The van der Waals surface area contributed by atoms with E-state index in [4.69, 9.17) is 18.0 Å². The fourth-order valence-corrected chi connectivity index (χ4v) is 1.52. The number of thiocarbonyl (C=S) groups is 1. The Morgan fingerprint density at radius 2 is 1.89 bits per heavy atom. The Morgan fingerprint density at radius 1 is 1.22 bits per heavy atom. The minimum absolute atomic E-state index is 0.0594. The minimum Gasteiger partial charge on any atom is -0.389 e. The summed E-state index contributed by atoms with van der Waals surface area (Å²) >= 11 is 4.81. The highest BCUT2D eigenvalue weighted by Crippen LogP contribution is 2.23. The maximum absolute atomic E-state index is 13.5. The van der Waals surface area contributed by atoms with E-state index in [1.165, 1.54) is 18.3 Å². The van der Waals surface area contributed by atoms with E-state index >= 15 is 0 Å². The lowest BCUT2D eigenvalue weighted by Gasteiger charge is -2.10. The van der Waals surface area contributed by atoms with Crippen LogP contribution in [0.25, 0.3) is 0 Å². The van der Waals surface area contributed by atoms with E-state index in [1.54, 1.807) is 0 Å². The number of hydrogen-bond acceptors (Lipinski definition) is 4. The van der Waals surface area contributed by atoms with Gasteiger partial charge >= 0.3 is 0 Å². The van der Waals surface area contributed by atoms with Crippen molar-refractivity contribution in [2.45, 2.75) is 0 Å². The van der Waals surface area contributed by atoms with Gasteiger partial charge in [-0.25, -0.2) is 8.78 Å². The van der Waals surface area contributed by atoms with Crippen molar-refractivity contribution in [1.82, 2.24) is 10.2 Å². The largest absolute Gasteiger partial charge is 0.389 e. The van der Waals surface area contributed by atoms with Crippen molar-refractivity contribution >= 4 is 28.7 Å². The Labute approximate surface area is 107 Å². The summed E-state index contributed by atoms with van der Waals surface area (Å²) in [4.78, 5) is 0.0594. The molecule has 0 amide bonds. The number of para-hydroxylation sites is 1. The number of halogens is 2. The van der Waals surface area contributed by atoms with Crippen molar-refractivity contribution in [2.75, 3.05) is 5.32 Å².